The lowest BCUT2D eigenvalue weighted by Gasteiger charge is -2.10. The van der Waals surface area contributed by atoms with Gasteiger partial charge in [-0.05, 0) is 42.7 Å². The van der Waals surface area contributed by atoms with E-state index in [4.69, 9.17) is 9.15 Å². The van der Waals surface area contributed by atoms with Gasteiger partial charge in [0, 0.05) is 11.8 Å². The topological polar surface area (TPSA) is 108 Å². The molecule has 0 amide bonds. The Morgan fingerprint density at radius 1 is 1.17 bits per heavy atom. The van der Waals surface area contributed by atoms with E-state index in [1.807, 2.05) is 12.1 Å². The quantitative estimate of drug-likeness (QED) is 0.591. The fourth-order valence-electron chi connectivity index (χ4n) is 2.85. The monoisotopic (exact) mass is 418 g/mol. The number of sulfonamides is 1. The van der Waals surface area contributed by atoms with Gasteiger partial charge < -0.3 is 9.15 Å². The second-order valence-corrected chi connectivity index (χ2v) is 8.45. The molecule has 0 fully saturated rings. The van der Waals surface area contributed by atoms with Crippen LogP contribution in [0.4, 0.5) is 5.69 Å². The first kappa shape index (κ1) is 20.7. The minimum absolute atomic E-state index is 0.0602. The van der Waals surface area contributed by atoms with Gasteiger partial charge in [0.15, 0.2) is 5.58 Å². The lowest BCUT2D eigenvalue weighted by Crippen LogP contribution is -2.21. The molecule has 0 aliphatic heterocycles. The number of rotatable bonds is 7. The molecule has 29 heavy (non-hydrogen) atoms. The van der Waals surface area contributed by atoms with Crippen molar-refractivity contribution in [3.63, 3.8) is 0 Å². The highest BCUT2D eigenvalue weighted by atomic mass is 32.2. The van der Waals surface area contributed by atoms with Crippen molar-refractivity contribution >= 4 is 32.8 Å². The first-order valence-electron chi connectivity index (χ1n) is 9.13. The van der Waals surface area contributed by atoms with E-state index < -0.39 is 21.7 Å². The fraction of sp³-hybridized carbons (Fsp3) is 0.300. The molecule has 8 nitrogen and oxygen atoms in total. The number of aromatic nitrogens is 1. The average molecular weight is 418 g/mol. The molecule has 0 bridgehead atoms. The SMILES string of the molecule is CCOC(=O)Cn1c(=O)oc2cc(S(=O)(=O)Nc3ccc(C(C)C)cc3)ccc21. The van der Waals surface area contributed by atoms with Crippen LogP contribution in [0.25, 0.3) is 11.1 Å². The van der Waals surface area contributed by atoms with Crippen molar-refractivity contribution in [2.45, 2.75) is 38.1 Å². The van der Waals surface area contributed by atoms with Gasteiger partial charge in [0.2, 0.25) is 0 Å². The number of nitrogens with zero attached hydrogens (tertiary/aromatic N) is 1. The number of nitrogens with one attached hydrogen (secondary N) is 1. The number of benzene rings is 2. The van der Waals surface area contributed by atoms with Gasteiger partial charge in [-0.15, -0.1) is 0 Å². The standard InChI is InChI=1S/C20H22N2O6S/c1-4-27-19(23)12-22-17-10-9-16(11-18(17)28-20(22)24)29(25,26)21-15-7-5-14(6-8-15)13(2)3/h5-11,13,21H,4,12H2,1-3H3. The van der Waals surface area contributed by atoms with Gasteiger partial charge in [-0.3, -0.25) is 14.1 Å². The summed E-state index contributed by atoms with van der Waals surface area (Å²) in [5, 5.41) is 0. The van der Waals surface area contributed by atoms with E-state index in [9.17, 15) is 18.0 Å². The molecule has 2 aromatic carbocycles. The molecule has 0 aliphatic carbocycles. The van der Waals surface area contributed by atoms with Gasteiger partial charge in [-0.1, -0.05) is 26.0 Å². The number of carbonyl (C=O) groups is 1. The van der Waals surface area contributed by atoms with E-state index in [2.05, 4.69) is 18.6 Å². The van der Waals surface area contributed by atoms with Crippen LogP contribution in [0.2, 0.25) is 0 Å². The van der Waals surface area contributed by atoms with Crippen molar-refractivity contribution in [3.05, 3.63) is 58.6 Å². The number of fused-ring (bicyclic) bond motifs is 1. The summed E-state index contributed by atoms with van der Waals surface area (Å²) < 4.78 is 39.0. The van der Waals surface area contributed by atoms with E-state index in [0.29, 0.717) is 17.1 Å². The van der Waals surface area contributed by atoms with Crippen molar-refractivity contribution in [2.24, 2.45) is 0 Å². The predicted octanol–water partition coefficient (Wildman–Crippen LogP) is 3.08. The minimum atomic E-state index is -3.89. The number of esters is 1. The maximum atomic E-state index is 12.7. The highest BCUT2D eigenvalue weighted by molar-refractivity contribution is 7.92. The molecule has 3 rings (SSSR count). The van der Waals surface area contributed by atoms with Crippen LogP contribution in [0.15, 0.2) is 56.6 Å². The summed E-state index contributed by atoms with van der Waals surface area (Å²) in [6.45, 7) is 5.64. The summed E-state index contributed by atoms with van der Waals surface area (Å²) in [7, 11) is -3.89. The molecule has 0 unspecified atom stereocenters. The molecule has 1 aromatic heterocycles. The molecule has 9 heteroatoms. The van der Waals surface area contributed by atoms with Gasteiger partial charge >= 0.3 is 11.7 Å². The normalized spacial score (nSPS) is 11.7. The van der Waals surface area contributed by atoms with Gasteiger partial charge in [0.05, 0.1) is 17.0 Å². The molecular weight excluding hydrogens is 396 g/mol. The number of anilines is 1. The van der Waals surface area contributed by atoms with E-state index in [1.165, 1.54) is 18.2 Å². The molecular formula is C20H22N2O6S. The number of hydrogen-bond donors (Lipinski definition) is 1. The number of hydrogen-bond acceptors (Lipinski definition) is 6. The fourth-order valence-corrected chi connectivity index (χ4v) is 3.92. The van der Waals surface area contributed by atoms with Crippen molar-refractivity contribution in [1.82, 2.24) is 4.57 Å². The van der Waals surface area contributed by atoms with Crippen LogP contribution < -0.4 is 10.5 Å². The lowest BCUT2D eigenvalue weighted by atomic mass is 10.0. The number of ether oxygens (including phenoxy) is 1. The van der Waals surface area contributed by atoms with Crippen LogP contribution >= 0.6 is 0 Å². The van der Waals surface area contributed by atoms with E-state index in [1.54, 1.807) is 19.1 Å². The maximum absolute atomic E-state index is 12.7. The minimum Gasteiger partial charge on any atom is -0.465 e. The van der Waals surface area contributed by atoms with Crippen LogP contribution in [0.1, 0.15) is 32.3 Å². The van der Waals surface area contributed by atoms with Gasteiger partial charge in [-0.2, -0.15) is 0 Å². The Morgan fingerprint density at radius 2 is 1.86 bits per heavy atom. The van der Waals surface area contributed by atoms with E-state index in [-0.39, 0.29) is 23.6 Å². The molecule has 0 saturated carbocycles. The van der Waals surface area contributed by atoms with E-state index >= 15 is 0 Å². The van der Waals surface area contributed by atoms with Gasteiger partial charge in [0.25, 0.3) is 10.0 Å². The summed E-state index contributed by atoms with van der Waals surface area (Å²) in [5.41, 5.74) is 1.90. The smallest absolute Gasteiger partial charge is 0.420 e. The second kappa shape index (κ2) is 8.12. The third kappa shape index (κ3) is 4.51. The molecule has 0 atom stereocenters. The Morgan fingerprint density at radius 3 is 2.48 bits per heavy atom. The highest BCUT2D eigenvalue weighted by Crippen LogP contribution is 2.23. The summed E-state index contributed by atoms with van der Waals surface area (Å²) >= 11 is 0. The lowest BCUT2D eigenvalue weighted by molar-refractivity contribution is -0.143. The Kier molecular flexibility index (Phi) is 5.78. The zero-order chi connectivity index (χ0) is 21.2. The van der Waals surface area contributed by atoms with Crippen LogP contribution in [0, 0.1) is 0 Å². The second-order valence-electron chi connectivity index (χ2n) is 6.77. The third-order valence-corrected chi connectivity index (χ3v) is 5.75. The predicted molar refractivity (Wildman–Crippen MR) is 108 cm³/mol. The molecule has 3 aromatic rings. The summed E-state index contributed by atoms with van der Waals surface area (Å²) in [6.07, 6.45) is 0. The largest absolute Gasteiger partial charge is 0.465 e. The first-order valence-corrected chi connectivity index (χ1v) is 10.6. The molecule has 1 heterocycles. The summed E-state index contributed by atoms with van der Waals surface area (Å²) in [4.78, 5) is 23.7. The zero-order valence-electron chi connectivity index (χ0n) is 16.3. The number of carbonyl (C=O) groups excluding carboxylic acids is 1. The molecule has 0 radical (unpaired) electrons. The summed E-state index contributed by atoms with van der Waals surface area (Å²) in [5.74, 6) is -1.01. The first-order chi connectivity index (χ1) is 13.7. The maximum Gasteiger partial charge on any atom is 0.420 e. The Balaban J connectivity index is 1.89. The van der Waals surface area contributed by atoms with Crippen molar-refractivity contribution in [3.8, 4) is 0 Å². The molecule has 0 saturated heterocycles. The average Bonchev–Trinajstić information content (AvgIpc) is 2.96. The van der Waals surface area contributed by atoms with Gasteiger partial charge in [-0.25, -0.2) is 13.2 Å². The van der Waals surface area contributed by atoms with Crippen LogP contribution in [-0.2, 0) is 26.1 Å². The highest BCUT2D eigenvalue weighted by Gasteiger charge is 2.19. The van der Waals surface area contributed by atoms with Crippen LogP contribution in [0.3, 0.4) is 0 Å². The molecule has 0 spiro atoms. The van der Waals surface area contributed by atoms with Crippen molar-refractivity contribution in [2.75, 3.05) is 11.3 Å². The molecule has 154 valence electrons. The summed E-state index contributed by atoms with van der Waals surface area (Å²) in [6, 6.07) is 11.1. The number of oxazole rings is 1. The van der Waals surface area contributed by atoms with E-state index in [0.717, 1.165) is 10.1 Å². The van der Waals surface area contributed by atoms with Crippen LogP contribution in [0.5, 0.6) is 0 Å². The van der Waals surface area contributed by atoms with Gasteiger partial charge in [0.1, 0.15) is 6.54 Å². The molecule has 0 aliphatic rings. The Labute approximate surface area is 168 Å². The van der Waals surface area contributed by atoms with Crippen molar-refractivity contribution in [1.29, 1.82) is 0 Å². The Bertz CT molecular complexity index is 1190. The van der Waals surface area contributed by atoms with Crippen LogP contribution in [-0.4, -0.2) is 25.6 Å². The van der Waals surface area contributed by atoms with Crippen molar-refractivity contribution < 1.29 is 22.4 Å². The molecule has 1 N–H and O–H groups in total. The zero-order valence-corrected chi connectivity index (χ0v) is 17.2. The third-order valence-electron chi connectivity index (χ3n) is 4.37. The Hall–Kier alpha value is -3.07.